The molecule has 1 N–H and O–H groups in total. The van der Waals surface area contributed by atoms with Crippen LogP contribution in [0.4, 0.5) is 0 Å². The Bertz CT molecular complexity index is 699. The van der Waals surface area contributed by atoms with Crippen LogP contribution in [0.5, 0.6) is 5.75 Å². The van der Waals surface area contributed by atoms with E-state index >= 15 is 0 Å². The van der Waals surface area contributed by atoms with E-state index in [2.05, 4.69) is 22.2 Å². The molecule has 1 aliphatic rings. The summed E-state index contributed by atoms with van der Waals surface area (Å²) in [6.07, 6.45) is 5.52. The van der Waals surface area contributed by atoms with E-state index in [4.69, 9.17) is 4.74 Å². The second-order valence-electron chi connectivity index (χ2n) is 6.46. The molecule has 2 heterocycles. The number of piperidine rings is 1. The van der Waals surface area contributed by atoms with Gasteiger partial charge in [0.1, 0.15) is 0 Å². The predicted molar refractivity (Wildman–Crippen MR) is 97.3 cm³/mol. The van der Waals surface area contributed by atoms with E-state index in [1.807, 2.05) is 30.3 Å². The van der Waals surface area contributed by atoms with Crippen molar-refractivity contribution in [1.82, 2.24) is 20.0 Å². The van der Waals surface area contributed by atoms with Gasteiger partial charge in [-0.15, -0.1) is 0 Å². The highest BCUT2D eigenvalue weighted by atomic mass is 16.5. The maximum Gasteiger partial charge on any atom is 0.275 e. The van der Waals surface area contributed by atoms with Gasteiger partial charge in [-0.1, -0.05) is 24.6 Å². The minimum atomic E-state index is -0.198. The van der Waals surface area contributed by atoms with Gasteiger partial charge in [-0.3, -0.25) is 9.69 Å². The molecule has 2 aromatic rings. The fourth-order valence-corrected chi connectivity index (χ4v) is 3.26. The monoisotopic (exact) mass is 342 g/mol. The minimum absolute atomic E-state index is 0.198. The number of likely N-dealkylation sites (tertiary alicyclic amines) is 1. The molecule has 0 spiro atoms. The van der Waals surface area contributed by atoms with E-state index in [0.717, 1.165) is 18.8 Å². The van der Waals surface area contributed by atoms with Crippen LogP contribution in [0.2, 0.25) is 0 Å². The Hall–Kier alpha value is -2.34. The van der Waals surface area contributed by atoms with Crippen molar-refractivity contribution in [2.45, 2.75) is 32.2 Å². The lowest BCUT2D eigenvalue weighted by Crippen LogP contribution is -2.42. The van der Waals surface area contributed by atoms with Gasteiger partial charge in [0.25, 0.3) is 5.91 Å². The van der Waals surface area contributed by atoms with Crippen molar-refractivity contribution < 1.29 is 9.53 Å². The Morgan fingerprint density at radius 1 is 1.32 bits per heavy atom. The topological polar surface area (TPSA) is 59.4 Å². The SMILES string of the molecule is COc1cn(-c2ccccc2)nc1C(=O)NCCN1CCCC[C@H]1C. The Morgan fingerprint density at radius 2 is 2.12 bits per heavy atom. The highest BCUT2D eigenvalue weighted by molar-refractivity contribution is 5.94. The van der Waals surface area contributed by atoms with Crippen LogP contribution >= 0.6 is 0 Å². The number of nitrogens with zero attached hydrogens (tertiary/aromatic N) is 3. The van der Waals surface area contributed by atoms with Crippen LogP contribution in [-0.4, -0.2) is 53.4 Å². The maximum atomic E-state index is 12.5. The third-order valence-corrected chi connectivity index (χ3v) is 4.76. The first-order chi connectivity index (χ1) is 12.2. The van der Waals surface area contributed by atoms with E-state index in [1.165, 1.54) is 19.3 Å². The van der Waals surface area contributed by atoms with E-state index in [9.17, 15) is 4.79 Å². The lowest BCUT2D eigenvalue weighted by Gasteiger charge is -2.33. The summed E-state index contributed by atoms with van der Waals surface area (Å²) in [6, 6.07) is 10.3. The first-order valence-corrected chi connectivity index (χ1v) is 8.90. The van der Waals surface area contributed by atoms with Crippen LogP contribution in [0.3, 0.4) is 0 Å². The third kappa shape index (κ3) is 4.20. The van der Waals surface area contributed by atoms with Crippen LogP contribution in [0.1, 0.15) is 36.7 Å². The molecule has 1 aromatic heterocycles. The number of para-hydroxylation sites is 1. The van der Waals surface area contributed by atoms with Gasteiger partial charge in [-0.2, -0.15) is 5.10 Å². The number of aromatic nitrogens is 2. The highest BCUT2D eigenvalue weighted by Crippen LogP contribution is 2.19. The van der Waals surface area contributed by atoms with Gasteiger partial charge in [0.05, 0.1) is 19.0 Å². The molecule has 1 aromatic carbocycles. The zero-order valence-electron chi connectivity index (χ0n) is 14.9. The van der Waals surface area contributed by atoms with Crippen molar-refractivity contribution in [3.8, 4) is 11.4 Å². The smallest absolute Gasteiger partial charge is 0.275 e. The fourth-order valence-electron chi connectivity index (χ4n) is 3.26. The number of methoxy groups -OCH3 is 1. The average Bonchev–Trinajstić information content (AvgIpc) is 3.08. The second kappa shape index (κ2) is 8.16. The van der Waals surface area contributed by atoms with Gasteiger partial charge in [0.2, 0.25) is 0 Å². The van der Waals surface area contributed by atoms with Crippen molar-refractivity contribution in [2.75, 3.05) is 26.7 Å². The third-order valence-electron chi connectivity index (χ3n) is 4.76. The number of benzene rings is 1. The average molecular weight is 342 g/mol. The molecule has 25 heavy (non-hydrogen) atoms. The largest absolute Gasteiger partial charge is 0.493 e. The summed E-state index contributed by atoms with van der Waals surface area (Å²) in [7, 11) is 1.55. The standard InChI is InChI=1S/C19H26N4O2/c1-15-8-6-7-12-22(15)13-11-20-19(24)18-17(25-2)14-23(21-18)16-9-4-3-5-10-16/h3-5,9-10,14-15H,6-8,11-13H2,1-2H3,(H,20,24)/t15-/m1/s1. The number of nitrogens with one attached hydrogen (secondary N) is 1. The lowest BCUT2D eigenvalue weighted by molar-refractivity contribution is 0.0930. The summed E-state index contributed by atoms with van der Waals surface area (Å²) >= 11 is 0. The van der Waals surface area contributed by atoms with E-state index in [1.54, 1.807) is 18.0 Å². The molecule has 0 saturated carbocycles. The molecule has 134 valence electrons. The summed E-state index contributed by atoms with van der Waals surface area (Å²) in [4.78, 5) is 14.9. The van der Waals surface area contributed by atoms with Gasteiger partial charge in [0.15, 0.2) is 11.4 Å². The molecular formula is C19H26N4O2. The van der Waals surface area contributed by atoms with Crippen molar-refractivity contribution in [3.63, 3.8) is 0 Å². The van der Waals surface area contributed by atoms with Gasteiger partial charge >= 0.3 is 0 Å². The van der Waals surface area contributed by atoms with Gasteiger partial charge in [-0.25, -0.2) is 4.68 Å². The Labute approximate surface area is 148 Å². The molecule has 6 heteroatoms. The van der Waals surface area contributed by atoms with Crippen LogP contribution < -0.4 is 10.1 Å². The Balaban J connectivity index is 1.62. The van der Waals surface area contributed by atoms with Gasteiger partial charge in [-0.05, 0) is 38.4 Å². The van der Waals surface area contributed by atoms with Crippen LogP contribution in [0.15, 0.2) is 36.5 Å². The quantitative estimate of drug-likeness (QED) is 0.876. The molecule has 0 aliphatic carbocycles. The van der Waals surface area contributed by atoms with Crippen molar-refractivity contribution in [1.29, 1.82) is 0 Å². The molecule has 0 unspecified atom stereocenters. The molecule has 6 nitrogen and oxygen atoms in total. The normalized spacial score (nSPS) is 18.1. The Morgan fingerprint density at radius 3 is 2.84 bits per heavy atom. The molecule has 1 amide bonds. The molecule has 1 atom stereocenters. The molecule has 0 radical (unpaired) electrons. The molecular weight excluding hydrogens is 316 g/mol. The van der Waals surface area contributed by atoms with Gasteiger partial charge in [0, 0.05) is 19.1 Å². The summed E-state index contributed by atoms with van der Waals surface area (Å²) in [5.41, 5.74) is 1.21. The van der Waals surface area contributed by atoms with E-state index < -0.39 is 0 Å². The van der Waals surface area contributed by atoms with Crippen molar-refractivity contribution >= 4 is 5.91 Å². The zero-order chi connectivity index (χ0) is 17.6. The molecule has 1 fully saturated rings. The van der Waals surface area contributed by atoms with Crippen LogP contribution in [0.25, 0.3) is 5.69 Å². The lowest BCUT2D eigenvalue weighted by atomic mass is 10.0. The maximum absolute atomic E-state index is 12.5. The predicted octanol–water partition coefficient (Wildman–Crippen LogP) is 2.49. The summed E-state index contributed by atoms with van der Waals surface area (Å²) in [6.45, 7) is 4.85. The fraction of sp³-hybridized carbons (Fsp3) is 0.474. The Kier molecular flexibility index (Phi) is 5.71. The first kappa shape index (κ1) is 17.5. The number of ether oxygens (including phenoxy) is 1. The van der Waals surface area contributed by atoms with Crippen molar-refractivity contribution in [2.24, 2.45) is 0 Å². The number of hydrogen-bond acceptors (Lipinski definition) is 4. The number of carbonyl (C=O) groups excluding carboxylic acids is 1. The number of hydrogen-bond donors (Lipinski definition) is 1. The number of rotatable bonds is 6. The summed E-state index contributed by atoms with van der Waals surface area (Å²) in [5.74, 6) is 0.281. The summed E-state index contributed by atoms with van der Waals surface area (Å²) in [5, 5.41) is 7.37. The summed E-state index contributed by atoms with van der Waals surface area (Å²) < 4.78 is 6.99. The molecule has 1 aliphatic heterocycles. The second-order valence-corrected chi connectivity index (χ2v) is 6.46. The molecule has 0 bridgehead atoms. The highest BCUT2D eigenvalue weighted by Gasteiger charge is 2.20. The first-order valence-electron chi connectivity index (χ1n) is 8.90. The molecule has 1 saturated heterocycles. The number of carbonyl (C=O) groups is 1. The molecule has 3 rings (SSSR count). The van der Waals surface area contributed by atoms with Crippen LogP contribution in [-0.2, 0) is 0 Å². The minimum Gasteiger partial charge on any atom is -0.493 e. The number of amides is 1. The van der Waals surface area contributed by atoms with Crippen LogP contribution in [0, 0.1) is 0 Å². The van der Waals surface area contributed by atoms with E-state index in [-0.39, 0.29) is 5.91 Å². The van der Waals surface area contributed by atoms with Gasteiger partial charge < -0.3 is 10.1 Å². The van der Waals surface area contributed by atoms with E-state index in [0.29, 0.717) is 24.0 Å². The van der Waals surface area contributed by atoms with Crippen molar-refractivity contribution in [3.05, 3.63) is 42.2 Å². The zero-order valence-corrected chi connectivity index (χ0v) is 14.9.